The van der Waals surface area contributed by atoms with Crippen molar-refractivity contribution in [2.24, 2.45) is 0 Å². The van der Waals surface area contributed by atoms with Crippen LogP contribution < -0.4 is 0 Å². The smallest absolute Gasteiger partial charge is 0.316 e. The van der Waals surface area contributed by atoms with Gasteiger partial charge < -0.3 is 0 Å². The predicted octanol–water partition coefficient (Wildman–Crippen LogP) is -1.97. The molecule has 0 fully saturated rings. The summed E-state index contributed by atoms with van der Waals surface area (Å²) in [6, 6.07) is 0. The first-order valence-corrected chi connectivity index (χ1v) is 0.494. The third-order valence-corrected chi connectivity index (χ3v) is 0. The second-order valence-electron chi connectivity index (χ2n) is 0.105. The van der Waals surface area contributed by atoms with Gasteiger partial charge in [0.2, 0.25) is 0 Å². The number of rotatable bonds is 0. The van der Waals surface area contributed by atoms with Crippen molar-refractivity contribution >= 4 is 30.4 Å². The molecule has 0 amide bonds. The summed E-state index contributed by atoms with van der Waals surface area (Å²) in [6.45, 7) is 0. The molecule has 0 bridgehead atoms. The molecule has 1 N–H and O–H groups in total. The molecular formula is H3BMgO2. The van der Waals surface area contributed by atoms with Crippen molar-refractivity contribution in [3.63, 3.8) is 0 Å². The fourth-order valence-corrected chi connectivity index (χ4v) is 0. The standard InChI is InChI=1S/BHO2.Mg.2H/c2-1-3;;;/h2H;;;. The fourth-order valence-electron chi connectivity index (χ4n) is 0. The van der Waals surface area contributed by atoms with Gasteiger partial charge in [0, 0.05) is 0 Å². The van der Waals surface area contributed by atoms with E-state index in [2.05, 4.69) is 0 Å². The molecule has 0 saturated carbocycles. The first-order chi connectivity index (χ1) is 1.41. The Bertz CT molecular complexity index is 13.5. The summed E-state index contributed by atoms with van der Waals surface area (Å²) in [5.74, 6) is 0. The molecule has 0 heterocycles. The molecule has 0 atom stereocenters. The molecule has 0 aliphatic rings. The third kappa shape index (κ3) is 26.8. The van der Waals surface area contributed by atoms with Crippen LogP contribution in [0.1, 0.15) is 0 Å². The SMILES string of the molecule is O=BO.[MgH2]. The van der Waals surface area contributed by atoms with Crippen LogP contribution in [-0.4, -0.2) is 35.4 Å². The van der Waals surface area contributed by atoms with E-state index in [0.29, 0.717) is 0 Å². The van der Waals surface area contributed by atoms with Gasteiger partial charge in [-0.1, -0.05) is 0 Å². The molecule has 4 heavy (non-hydrogen) atoms. The van der Waals surface area contributed by atoms with Crippen LogP contribution in [0.15, 0.2) is 0 Å². The predicted molar refractivity (Wildman–Crippen MR) is 17.2 cm³/mol. The van der Waals surface area contributed by atoms with Gasteiger partial charge >= 0.3 is 40.1 Å². The Morgan fingerprint density at radius 3 is 1.75 bits per heavy atom. The molecule has 0 aliphatic heterocycles. The van der Waals surface area contributed by atoms with Crippen molar-refractivity contribution in [2.45, 2.75) is 0 Å². The summed E-state index contributed by atoms with van der Waals surface area (Å²) in [5, 5.41) is 6.89. The van der Waals surface area contributed by atoms with E-state index in [4.69, 9.17) is 9.73 Å². The van der Waals surface area contributed by atoms with E-state index in [1.807, 2.05) is 0 Å². The minimum absolute atomic E-state index is 0. The largest absolute Gasteiger partial charge is 0.316 e. The molecule has 0 aromatic heterocycles. The zero-order valence-electron chi connectivity index (χ0n) is 1.43. The second kappa shape index (κ2) is 9.90. The molecule has 0 rings (SSSR count). The molecule has 0 radical (unpaired) electrons. The van der Waals surface area contributed by atoms with Crippen LogP contribution in [0.2, 0.25) is 0 Å². The molecule has 4 heteroatoms. The second-order valence-corrected chi connectivity index (χ2v) is 0.105. The maximum atomic E-state index is 8.36. The average molecular weight is 70.1 g/mol. The van der Waals surface area contributed by atoms with E-state index in [1.54, 1.807) is 0 Å². The zero-order valence-corrected chi connectivity index (χ0v) is 1.43. The maximum Gasteiger partial charge on any atom is 0.316 e. The van der Waals surface area contributed by atoms with Crippen LogP contribution in [0.3, 0.4) is 0 Å². The van der Waals surface area contributed by atoms with Gasteiger partial charge in [-0.05, 0) is 0 Å². The van der Waals surface area contributed by atoms with E-state index < -0.39 is 0 Å². The summed E-state index contributed by atoms with van der Waals surface area (Å²) in [4.78, 5) is 0. The minimum atomic E-state index is -0.250. The summed E-state index contributed by atoms with van der Waals surface area (Å²) in [7, 11) is -0.250. The molecule has 0 saturated heterocycles. The first kappa shape index (κ1) is 8.83. The van der Waals surface area contributed by atoms with E-state index in [1.165, 1.54) is 0 Å². The van der Waals surface area contributed by atoms with Gasteiger partial charge in [0.15, 0.2) is 0 Å². The topological polar surface area (TPSA) is 37.3 Å². The van der Waals surface area contributed by atoms with Crippen LogP contribution in [0.4, 0.5) is 0 Å². The molecule has 0 aromatic carbocycles. The Labute approximate surface area is 40.6 Å². The summed E-state index contributed by atoms with van der Waals surface area (Å²) < 4.78 is 8.36. The summed E-state index contributed by atoms with van der Waals surface area (Å²) in [5.41, 5.74) is 0. The van der Waals surface area contributed by atoms with Gasteiger partial charge in [-0.2, -0.15) is 0 Å². The zero-order chi connectivity index (χ0) is 2.71. The van der Waals surface area contributed by atoms with Crippen LogP contribution in [-0.2, 0) is 4.70 Å². The molecule has 0 aliphatic carbocycles. The molecule has 0 spiro atoms. The molecule has 0 aromatic rings. The Hall–Kier alpha value is 0.431. The average Bonchev–Trinajstić information content (AvgIpc) is 0.918. The van der Waals surface area contributed by atoms with E-state index in [0.717, 1.165) is 0 Å². The summed E-state index contributed by atoms with van der Waals surface area (Å²) >= 11 is 0. The van der Waals surface area contributed by atoms with Gasteiger partial charge in [0.1, 0.15) is 0 Å². The van der Waals surface area contributed by atoms with Gasteiger partial charge in [-0.3, -0.25) is 0 Å². The molecule has 20 valence electrons. The Kier molecular flexibility index (Phi) is 21.8. The van der Waals surface area contributed by atoms with E-state index in [-0.39, 0.29) is 30.4 Å². The van der Waals surface area contributed by atoms with Crippen LogP contribution in [0.25, 0.3) is 0 Å². The maximum absolute atomic E-state index is 8.36. The fraction of sp³-hybridized carbons (Fsp3) is 0. The van der Waals surface area contributed by atoms with E-state index in [9.17, 15) is 0 Å². The molecule has 2 nitrogen and oxygen atoms in total. The normalized spacial score (nSPS) is 2.00. The van der Waals surface area contributed by atoms with Crippen molar-refractivity contribution in [2.75, 3.05) is 0 Å². The van der Waals surface area contributed by atoms with Crippen molar-refractivity contribution in [3.8, 4) is 0 Å². The Morgan fingerprint density at radius 1 is 1.75 bits per heavy atom. The number of hydrogen-bond donors (Lipinski definition) is 1. The van der Waals surface area contributed by atoms with Crippen molar-refractivity contribution in [1.82, 2.24) is 0 Å². The molecule has 0 unspecified atom stereocenters. The Balaban J connectivity index is 0. The van der Waals surface area contributed by atoms with Crippen molar-refractivity contribution < 1.29 is 9.73 Å². The van der Waals surface area contributed by atoms with E-state index >= 15 is 0 Å². The first-order valence-electron chi connectivity index (χ1n) is 0.494. The van der Waals surface area contributed by atoms with Gasteiger partial charge in [-0.25, -0.2) is 0 Å². The van der Waals surface area contributed by atoms with Crippen molar-refractivity contribution in [1.29, 1.82) is 0 Å². The minimum Gasteiger partial charge on any atom is 0.316 e. The van der Waals surface area contributed by atoms with Crippen LogP contribution >= 0.6 is 0 Å². The Morgan fingerprint density at radius 2 is 1.75 bits per heavy atom. The van der Waals surface area contributed by atoms with Crippen molar-refractivity contribution in [3.05, 3.63) is 0 Å². The van der Waals surface area contributed by atoms with Crippen LogP contribution in [0, 0.1) is 0 Å². The molecular weight excluding hydrogens is 67.1 g/mol. The quantitative estimate of drug-likeness (QED) is 0.336. The van der Waals surface area contributed by atoms with Crippen LogP contribution in [0.5, 0.6) is 0 Å². The summed E-state index contributed by atoms with van der Waals surface area (Å²) in [6.07, 6.45) is 0. The monoisotopic (exact) mass is 70.0 g/mol. The van der Waals surface area contributed by atoms with Gasteiger partial charge in [0.05, 0.1) is 0 Å². The number of hydrogen-bond acceptors (Lipinski definition) is 1. The van der Waals surface area contributed by atoms with Gasteiger partial charge in [0.25, 0.3) is 0 Å². The third-order valence-electron chi connectivity index (χ3n) is 0. The van der Waals surface area contributed by atoms with Gasteiger partial charge in [-0.15, -0.1) is 0 Å².